The first-order chi connectivity index (χ1) is 13.9. The number of para-hydroxylation sites is 1. The van der Waals surface area contributed by atoms with E-state index in [1.165, 1.54) is 35.9 Å². The smallest absolute Gasteiger partial charge is 0.307 e. The van der Waals surface area contributed by atoms with Crippen LogP contribution in [0.5, 0.6) is 0 Å². The van der Waals surface area contributed by atoms with Crippen LogP contribution >= 0.6 is 11.8 Å². The van der Waals surface area contributed by atoms with Gasteiger partial charge < -0.3 is 4.74 Å². The van der Waals surface area contributed by atoms with Crippen molar-refractivity contribution in [2.75, 3.05) is 7.11 Å². The molecule has 0 unspecified atom stereocenters. The van der Waals surface area contributed by atoms with Crippen molar-refractivity contribution in [2.24, 2.45) is 0 Å². The number of nitrogens with zero attached hydrogens (tertiary/aromatic N) is 2. The molecular weight excluding hydrogens is 395 g/mol. The molecule has 0 bridgehead atoms. The number of aromatic nitrogens is 2. The summed E-state index contributed by atoms with van der Waals surface area (Å²) in [5, 5.41) is 0.192. The molecule has 0 spiro atoms. The van der Waals surface area contributed by atoms with Crippen LogP contribution in [-0.4, -0.2) is 33.7 Å². The van der Waals surface area contributed by atoms with Crippen LogP contribution in [0, 0.1) is 5.82 Å². The van der Waals surface area contributed by atoms with Gasteiger partial charge >= 0.3 is 5.97 Å². The van der Waals surface area contributed by atoms with Gasteiger partial charge in [-0.1, -0.05) is 23.9 Å². The van der Waals surface area contributed by atoms with Gasteiger partial charge in [-0.15, -0.1) is 0 Å². The zero-order chi connectivity index (χ0) is 21.0. The number of ketones is 1. The molecule has 3 aromatic rings. The van der Waals surface area contributed by atoms with Crippen molar-refractivity contribution in [1.29, 1.82) is 0 Å². The number of hydrogen-bond donors (Lipinski definition) is 0. The molecule has 0 aliphatic rings. The maximum Gasteiger partial charge on any atom is 0.307 e. The van der Waals surface area contributed by atoms with Crippen molar-refractivity contribution in [3.63, 3.8) is 0 Å². The quantitative estimate of drug-likeness (QED) is 0.255. The molecule has 2 aromatic carbocycles. The molecule has 0 amide bonds. The number of esters is 1. The van der Waals surface area contributed by atoms with Crippen molar-refractivity contribution in [1.82, 2.24) is 9.55 Å². The molecule has 0 radical (unpaired) electrons. The average Bonchev–Trinajstić information content (AvgIpc) is 2.73. The third kappa shape index (κ3) is 4.71. The van der Waals surface area contributed by atoms with Gasteiger partial charge in [0.15, 0.2) is 10.9 Å². The summed E-state index contributed by atoms with van der Waals surface area (Å²) in [7, 11) is 1.28. The van der Waals surface area contributed by atoms with Crippen molar-refractivity contribution < 1.29 is 18.7 Å². The Labute approximate surface area is 170 Å². The summed E-state index contributed by atoms with van der Waals surface area (Å²) in [6.07, 6.45) is 0.00424. The molecule has 0 saturated heterocycles. The van der Waals surface area contributed by atoms with E-state index < -0.39 is 17.0 Å². The Morgan fingerprint density at radius 2 is 1.86 bits per heavy atom. The second-order valence-electron chi connectivity index (χ2n) is 6.33. The minimum absolute atomic E-state index is 0.00424. The van der Waals surface area contributed by atoms with Crippen LogP contribution in [0.4, 0.5) is 4.39 Å². The lowest BCUT2D eigenvalue weighted by atomic mass is 10.1. The largest absolute Gasteiger partial charge is 0.469 e. The van der Waals surface area contributed by atoms with Crippen LogP contribution in [0.15, 0.2) is 58.5 Å². The molecule has 0 N–H and O–H groups in total. The zero-order valence-electron chi connectivity index (χ0n) is 15.9. The predicted octanol–water partition coefficient (Wildman–Crippen LogP) is 3.46. The van der Waals surface area contributed by atoms with Crippen LogP contribution in [0.1, 0.15) is 23.7 Å². The molecule has 0 saturated carbocycles. The summed E-state index contributed by atoms with van der Waals surface area (Å²) >= 11 is 1.12. The first kappa shape index (κ1) is 20.7. The standard InChI is InChI=1S/C21H19FN2O4S/c1-13(19(26)14-7-9-15(22)10-8-14)29-21-23-17-6-4-3-5-16(17)20(27)24(21)12-11-18(25)28-2/h3-10,13H,11-12H2,1-2H3/t13-/m1/s1. The molecule has 1 heterocycles. The fraction of sp³-hybridized carbons (Fsp3) is 0.238. The van der Waals surface area contributed by atoms with E-state index in [-0.39, 0.29) is 24.3 Å². The molecule has 0 aliphatic carbocycles. The topological polar surface area (TPSA) is 78.3 Å². The summed E-state index contributed by atoms with van der Waals surface area (Å²) in [6, 6.07) is 12.2. The lowest BCUT2D eigenvalue weighted by Crippen LogP contribution is -2.26. The fourth-order valence-corrected chi connectivity index (χ4v) is 3.81. The lowest BCUT2D eigenvalue weighted by Gasteiger charge is -2.15. The number of rotatable bonds is 7. The monoisotopic (exact) mass is 414 g/mol. The van der Waals surface area contributed by atoms with Gasteiger partial charge in [-0.2, -0.15) is 0 Å². The summed E-state index contributed by atoms with van der Waals surface area (Å²) in [6.45, 7) is 1.78. The summed E-state index contributed by atoms with van der Waals surface area (Å²) in [4.78, 5) is 41.7. The van der Waals surface area contributed by atoms with Crippen molar-refractivity contribution >= 4 is 34.4 Å². The van der Waals surface area contributed by atoms with Crippen LogP contribution in [0.3, 0.4) is 0 Å². The van der Waals surface area contributed by atoms with E-state index >= 15 is 0 Å². The number of benzene rings is 2. The molecule has 0 fully saturated rings. The SMILES string of the molecule is COC(=O)CCn1c(S[C@H](C)C(=O)c2ccc(F)cc2)nc2ccccc2c1=O. The van der Waals surface area contributed by atoms with E-state index in [1.807, 2.05) is 0 Å². The van der Waals surface area contributed by atoms with Crippen LogP contribution in [-0.2, 0) is 16.1 Å². The predicted molar refractivity (Wildman–Crippen MR) is 109 cm³/mol. The number of methoxy groups -OCH3 is 1. The van der Waals surface area contributed by atoms with Gasteiger partial charge in [-0.3, -0.25) is 19.0 Å². The Kier molecular flexibility index (Phi) is 6.43. The normalized spacial score (nSPS) is 12.0. The Morgan fingerprint density at radius 3 is 2.55 bits per heavy atom. The number of fused-ring (bicyclic) bond motifs is 1. The highest BCUT2D eigenvalue weighted by Gasteiger charge is 2.21. The maximum absolute atomic E-state index is 13.1. The molecule has 150 valence electrons. The second-order valence-corrected chi connectivity index (χ2v) is 7.63. The lowest BCUT2D eigenvalue weighted by molar-refractivity contribution is -0.140. The Morgan fingerprint density at radius 1 is 1.17 bits per heavy atom. The molecule has 0 aliphatic heterocycles. The molecular formula is C21H19FN2O4S. The van der Waals surface area contributed by atoms with E-state index in [9.17, 15) is 18.8 Å². The molecule has 1 aromatic heterocycles. The minimum atomic E-state index is -0.571. The summed E-state index contributed by atoms with van der Waals surface area (Å²) in [5.41, 5.74) is 0.592. The molecule has 3 rings (SSSR count). The van der Waals surface area contributed by atoms with Crippen molar-refractivity contribution in [3.05, 3.63) is 70.3 Å². The van der Waals surface area contributed by atoms with Gasteiger partial charge in [0.2, 0.25) is 0 Å². The van der Waals surface area contributed by atoms with E-state index in [2.05, 4.69) is 9.72 Å². The highest BCUT2D eigenvalue weighted by atomic mass is 32.2. The van der Waals surface area contributed by atoms with E-state index in [1.54, 1.807) is 31.2 Å². The first-order valence-electron chi connectivity index (χ1n) is 8.93. The highest BCUT2D eigenvalue weighted by Crippen LogP contribution is 2.25. The first-order valence-corrected chi connectivity index (χ1v) is 9.81. The molecule has 29 heavy (non-hydrogen) atoms. The Balaban J connectivity index is 1.95. The summed E-state index contributed by atoms with van der Waals surface area (Å²) in [5.74, 6) is -1.08. The second kappa shape index (κ2) is 9.00. The van der Waals surface area contributed by atoms with Crippen LogP contribution in [0.25, 0.3) is 10.9 Å². The zero-order valence-corrected chi connectivity index (χ0v) is 16.7. The van der Waals surface area contributed by atoms with Gasteiger partial charge in [-0.05, 0) is 43.3 Å². The molecule has 6 nitrogen and oxygen atoms in total. The van der Waals surface area contributed by atoms with Gasteiger partial charge in [0, 0.05) is 12.1 Å². The van der Waals surface area contributed by atoms with Crippen molar-refractivity contribution in [3.8, 4) is 0 Å². The highest BCUT2D eigenvalue weighted by molar-refractivity contribution is 8.00. The molecule has 1 atom stereocenters. The number of ether oxygens (including phenoxy) is 1. The number of thioether (sulfide) groups is 1. The van der Waals surface area contributed by atoms with Crippen LogP contribution < -0.4 is 5.56 Å². The van der Waals surface area contributed by atoms with Gasteiger partial charge in [-0.25, -0.2) is 9.37 Å². The van der Waals surface area contributed by atoms with Gasteiger partial charge in [0.25, 0.3) is 5.56 Å². The number of Topliss-reactive ketones (excluding diaryl/α,β-unsaturated/α-hetero) is 1. The van der Waals surface area contributed by atoms with E-state index in [0.717, 1.165) is 11.8 Å². The Bertz CT molecular complexity index is 1110. The third-order valence-electron chi connectivity index (χ3n) is 4.37. The van der Waals surface area contributed by atoms with Crippen molar-refractivity contribution in [2.45, 2.75) is 30.3 Å². The number of hydrogen-bond acceptors (Lipinski definition) is 6. The fourth-order valence-electron chi connectivity index (χ4n) is 2.80. The Hall–Kier alpha value is -3.00. The van der Waals surface area contributed by atoms with E-state index in [0.29, 0.717) is 21.6 Å². The minimum Gasteiger partial charge on any atom is -0.469 e. The van der Waals surface area contributed by atoms with E-state index in [4.69, 9.17) is 0 Å². The number of halogens is 1. The number of carbonyl (C=O) groups is 2. The van der Waals surface area contributed by atoms with Gasteiger partial charge in [0.1, 0.15) is 5.82 Å². The average molecular weight is 414 g/mol. The maximum atomic E-state index is 13.1. The summed E-state index contributed by atoms with van der Waals surface area (Å²) < 4.78 is 19.2. The molecule has 8 heteroatoms. The van der Waals surface area contributed by atoms with Crippen LogP contribution in [0.2, 0.25) is 0 Å². The van der Waals surface area contributed by atoms with Gasteiger partial charge in [0.05, 0.1) is 29.7 Å². The third-order valence-corrected chi connectivity index (χ3v) is 5.46. The number of carbonyl (C=O) groups excluding carboxylic acids is 2.